The summed E-state index contributed by atoms with van der Waals surface area (Å²) in [5, 5.41) is 9.07. The molecule has 5 heteroatoms. The molecule has 1 aliphatic heterocycles. The molecule has 1 saturated heterocycles. The Kier molecular flexibility index (Phi) is 7.86. The number of hydrogen-bond acceptors (Lipinski definition) is 4. The van der Waals surface area contributed by atoms with Crippen molar-refractivity contribution in [3.63, 3.8) is 0 Å². The molecule has 3 rings (SSSR count). The van der Waals surface area contributed by atoms with Gasteiger partial charge in [0.25, 0.3) is 0 Å². The lowest BCUT2D eigenvalue weighted by Crippen LogP contribution is -2.19. The van der Waals surface area contributed by atoms with Crippen molar-refractivity contribution in [2.75, 3.05) is 19.8 Å². The molecule has 0 unspecified atom stereocenters. The van der Waals surface area contributed by atoms with Gasteiger partial charge in [0.2, 0.25) is 0 Å². The number of rotatable bonds is 9. The first kappa shape index (κ1) is 21.3. The second kappa shape index (κ2) is 10.4. The molecule has 1 aromatic heterocycles. The second-order valence-corrected chi connectivity index (χ2v) is 8.24. The summed E-state index contributed by atoms with van der Waals surface area (Å²) in [4.78, 5) is 0. The maximum Gasteiger partial charge on any atom is 0.141 e. The van der Waals surface area contributed by atoms with E-state index in [0.717, 1.165) is 75.2 Å². The standard InChI is InChI=1S/C23H37N3O2/c1-5-8-17(4)26-22(7-3)24-25-23(26)21-16-20(15-19(21)6-2)28-14-11-18-9-12-27-13-10-18/h5,8,18-21H,4,6-7,9-16H2,1-3H3/b8-5-/t19-,20+,21+/m1/s1. The molecule has 1 saturated carbocycles. The molecule has 2 fully saturated rings. The lowest BCUT2D eigenvalue weighted by molar-refractivity contribution is 0.0222. The predicted molar refractivity (Wildman–Crippen MR) is 113 cm³/mol. The van der Waals surface area contributed by atoms with Crippen LogP contribution in [-0.2, 0) is 15.9 Å². The van der Waals surface area contributed by atoms with E-state index in [1.54, 1.807) is 0 Å². The number of hydrogen-bond donors (Lipinski definition) is 0. The lowest BCUT2D eigenvalue weighted by Gasteiger charge is -2.22. The van der Waals surface area contributed by atoms with Gasteiger partial charge in [-0.05, 0) is 56.9 Å². The predicted octanol–water partition coefficient (Wildman–Crippen LogP) is 4.99. The number of aromatic nitrogens is 3. The Hall–Kier alpha value is -1.46. The summed E-state index contributed by atoms with van der Waals surface area (Å²) < 4.78 is 14.0. The van der Waals surface area contributed by atoms with Crippen LogP contribution in [-0.4, -0.2) is 40.7 Å². The minimum absolute atomic E-state index is 0.333. The Morgan fingerprint density at radius 2 is 2.04 bits per heavy atom. The Bertz CT molecular complexity index is 661. The average Bonchev–Trinajstić information content (AvgIpc) is 3.32. The van der Waals surface area contributed by atoms with Gasteiger partial charge in [0.15, 0.2) is 0 Å². The van der Waals surface area contributed by atoms with E-state index < -0.39 is 0 Å². The summed E-state index contributed by atoms with van der Waals surface area (Å²) in [5.41, 5.74) is 0.957. The molecule has 0 N–H and O–H groups in total. The van der Waals surface area contributed by atoms with Crippen molar-refractivity contribution in [1.82, 2.24) is 14.8 Å². The topological polar surface area (TPSA) is 49.2 Å². The van der Waals surface area contributed by atoms with E-state index in [-0.39, 0.29) is 0 Å². The third kappa shape index (κ3) is 4.93. The maximum absolute atomic E-state index is 6.34. The first-order valence-corrected chi connectivity index (χ1v) is 11.1. The van der Waals surface area contributed by atoms with E-state index in [1.165, 1.54) is 12.8 Å². The van der Waals surface area contributed by atoms with E-state index in [2.05, 4.69) is 35.2 Å². The third-order valence-electron chi connectivity index (χ3n) is 6.45. The summed E-state index contributed by atoms with van der Waals surface area (Å²) >= 11 is 0. The molecule has 0 bridgehead atoms. The summed E-state index contributed by atoms with van der Waals surface area (Å²) in [6.45, 7) is 13.4. The minimum atomic E-state index is 0.333. The quantitative estimate of drug-likeness (QED) is 0.560. The maximum atomic E-state index is 6.34. The van der Waals surface area contributed by atoms with Crippen LogP contribution in [0.25, 0.3) is 5.70 Å². The summed E-state index contributed by atoms with van der Waals surface area (Å²) in [6, 6.07) is 0. The van der Waals surface area contributed by atoms with E-state index in [0.29, 0.717) is 17.9 Å². The molecule has 5 nitrogen and oxygen atoms in total. The smallest absolute Gasteiger partial charge is 0.141 e. The van der Waals surface area contributed by atoms with Crippen LogP contribution in [0.2, 0.25) is 0 Å². The fraction of sp³-hybridized carbons (Fsp3) is 0.739. The van der Waals surface area contributed by atoms with Gasteiger partial charge in [-0.3, -0.25) is 4.57 Å². The van der Waals surface area contributed by atoms with Crippen LogP contribution >= 0.6 is 0 Å². The van der Waals surface area contributed by atoms with E-state index in [9.17, 15) is 0 Å². The molecule has 2 aliphatic rings. The zero-order valence-corrected chi connectivity index (χ0v) is 17.9. The fourth-order valence-corrected chi connectivity index (χ4v) is 4.79. The number of allylic oxidation sites excluding steroid dienone is 3. The summed E-state index contributed by atoms with van der Waals surface area (Å²) in [5.74, 6) is 3.83. The van der Waals surface area contributed by atoms with Crippen molar-refractivity contribution in [1.29, 1.82) is 0 Å². The van der Waals surface area contributed by atoms with Crippen molar-refractivity contribution >= 4 is 5.70 Å². The van der Waals surface area contributed by atoms with Crippen LogP contribution in [0.3, 0.4) is 0 Å². The Labute approximate surface area is 170 Å². The van der Waals surface area contributed by atoms with Gasteiger partial charge in [-0.25, -0.2) is 0 Å². The van der Waals surface area contributed by atoms with Crippen LogP contribution in [0.1, 0.15) is 76.9 Å². The van der Waals surface area contributed by atoms with Gasteiger partial charge in [0.1, 0.15) is 11.6 Å². The molecule has 1 aromatic rings. The zero-order valence-electron chi connectivity index (χ0n) is 17.9. The molecule has 156 valence electrons. The van der Waals surface area contributed by atoms with E-state index >= 15 is 0 Å². The van der Waals surface area contributed by atoms with Gasteiger partial charge < -0.3 is 9.47 Å². The van der Waals surface area contributed by atoms with Gasteiger partial charge >= 0.3 is 0 Å². The van der Waals surface area contributed by atoms with Gasteiger partial charge in [-0.2, -0.15) is 0 Å². The van der Waals surface area contributed by atoms with Gasteiger partial charge in [-0.15, -0.1) is 10.2 Å². The van der Waals surface area contributed by atoms with Gasteiger partial charge in [0.05, 0.1) is 6.10 Å². The molecular weight excluding hydrogens is 350 g/mol. The first-order chi connectivity index (χ1) is 13.7. The number of aryl methyl sites for hydroxylation is 1. The largest absolute Gasteiger partial charge is 0.381 e. The van der Waals surface area contributed by atoms with Crippen LogP contribution < -0.4 is 0 Å². The molecule has 28 heavy (non-hydrogen) atoms. The molecule has 0 aromatic carbocycles. The summed E-state index contributed by atoms with van der Waals surface area (Å²) in [6.07, 6.45) is 12.1. The highest BCUT2D eigenvalue weighted by Crippen LogP contribution is 2.43. The zero-order chi connectivity index (χ0) is 19.9. The molecule has 0 amide bonds. The highest BCUT2D eigenvalue weighted by atomic mass is 16.5. The highest BCUT2D eigenvalue weighted by Gasteiger charge is 2.38. The van der Waals surface area contributed by atoms with Crippen molar-refractivity contribution in [2.45, 2.75) is 77.7 Å². The normalized spacial score (nSPS) is 26.3. The monoisotopic (exact) mass is 387 g/mol. The lowest BCUT2D eigenvalue weighted by atomic mass is 9.93. The highest BCUT2D eigenvalue weighted by molar-refractivity contribution is 5.55. The minimum Gasteiger partial charge on any atom is -0.381 e. The van der Waals surface area contributed by atoms with E-state index in [4.69, 9.17) is 9.47 Å². The Balaban J connectivity index is 1.65. The van der Waals surface area contributed by atoms with Crippen molar-refractivity contribution in [2.24, 2.45) is 11.8 Å². The average molecular weight is 388 g/mol. The second-order valence-electron chi connectivity index (χ2n) is 8.24. The first-order valence-electron chi connectivity index (χ1n) is 11.1. The van der Waals surface area contributed by atoms with Crippen LogP contribution in [0.5, 0.6) is 0 Å². The van der Waals surface area contributed by atoms with Crippen LogP contribution in [0, 0.1) is 11.8 Å². The number of ether oxygens (including phenoxy) is 2. The molecule has 3 atom stereocenters. The van der Waals surface area contributed by atoms with Crippen LogP contribution in [0.4, 0.5) is 0 Å². The summed E-state index contributed by atoms with van der Waals surface area (Å²) in [7, 11) is 0. The number of nitrogens with zero attached hydrogens (tertiary/aromatic N) is 3. The van der Waals surface area contributed by atoms with Gasteiger partial charge in [-0.1, -0.05) is 32.9 Å². The molecular formula is C23H37N3O2. The Morgan fingerprint density at radius 3 is 2.71 bits per heavy atom. The fourth-order valence-electron chi connectivity index (χ4n) is 4.79. The third-order valence-corrected chi connectivity index (χ3v) is 6.45. The van der Waals surface area contributed by atoms with Gasteiger partial charge in [0, 0.05) is 37.9 Å². The van der Waals surface area contributed by atoms with Crippen molar-refractivity contribution < 1.29 is 9.47 Å². The molecule has 0 radical (unpaired) electrons. The van der Waals surface area contributed by atoms with Crippen molar-refractivity contribution in [3.05, 3.63) is 30.4 Å². The SMILES string of the molecule is C=C(/C=C\C)n1c(CC)nnc1[C@H]1C[C@@H](OCCC2CCOCC2)C[C@H]1CC. The van der Waals surface area contributed by atoms with Crippen molar-refractivity contribution in [3.8, 4) is 0 Å². The molecule has 1 aliphatic carbocycles. The van der Waals surface area contributed by atoms with Crippen LogP contribution in [0.15, 0.2) is 18.7 Å². The molecule has 0 spiro atoms. The van der Waals surface area contributed by atoms with E-state index in [1.807, 2.05) is 19.1 Å². The Morgan fingerprint density at radius 1 is 1.25 bits per heavy atom. The molecule has 2 heterocycles.